The average Bonchev–Trinajstić information content (AvgIpc) is 2.82. The quantitative estimate of drug-likeness (QED) is 0.807. The monoisotopic (exact) mass is 269 g/mol. The van der Waals surface area contributed by atoms with Crippen LogP contribution in [0.25, 0.3) is 0 Å². The van der Waals surface area contributed by atoms with Crippen molar-refractivity contribution >= 4 is 0 Å². The van der Waals surface area contributed by atoms with Gasteiger partial charge in [-0.25, -0.2) is 0 Å². The molecule has 4 nitrogen and oxygen atoms in total. The zero-order valence-electron chi connectivity index (χ0n) is 13.0. The van der Waals surface area contributed by atoms with Crippen LogP contribution in [0.3, 0.4) is 0 Å². The number of nitrogens with one attached hydrogen (secondary N) is 1. The van der Waals surface area contributed by atoms with Gasteiger partial charge in [0, 0.05) is 38.3 Å². The molecule has 1 unspecified atom stereocenters. The van der Waals surface area contributed by atoms with Crippen molar-refractivity contribution in [3.63, 3.8) is 0 Å². The van der Waals surface area contributed by atoms with Crippen LogP contribution >= 0.6 is 0 Å². The molecule has 2 aliphatic heterocycles. The number of hydrogen-bond acceptors (Lipinski definition) is 4. The predicted octanol–water partition coefficient (Wildman–Crippen LogP) is 1.03. The molecule has 0 saturated carbocycles. The van der Waals surface area contributed by atoms with Crippen LogP contribution in [-0.4, -0.2) is 74.4 Å². The van der Waals surface area contributed by atoms with E-state index in [1.165, 1.54) is 32.6 Å². The van der Waals surface area contributed by atoms with Crippen LogP contribution < -0.4 is 5.32 Å². The summed E-state index contributed by atoms with van der Waals surface area (Å²) in [5.74, 6) is 0.837. The first-order valence-corrected chi connectivity index (χ1v) is 7.80. The molecular weight excluding hydrogens is 238 g/mol. The number of nitrogens with zero attached hydrogens (tertiary/aromatic N) is 2. The van der Waals surface area contributed by atoms with Crippen LogP contribution in [0, 0.1) is 5.92 Å². The second kappa shape index (κ2) is 7.02. The molecule has 0 aliphatic carbocycles. The van der Waals surface area contributed by atoms with Crippen molar-refractivity contribution in [3.8, 4) is 0 Å². The van der Waals surface area contributed by atoms with Gasteiger partial charge in [0.2, 0.25) is 0 Å². The van der Waals surface area contributed by atoms with Crippen molar-refractivity contribution in [2.75, 3.05) is 59.0 Å². The van der Waals surface area contributed by atoms with Gasteiger partial charge in [-0.05, 0) is 46.2 Å². The first-order valence-electron chi connectivity index (χ1n) is 7.80. The molecule has 4 heteroatoms. The van der Waals surface area contributed by atoms with Crippen molar-refractivity contribution in [2.45, 2.75) is 32.7 Å². The van der Waals surface area contributed by atoms with E-state index in [2.05, 4.69) is 35.9 Å². The Labute approximate surface area is 118 Å². The van der Waals surface area contributed by atoms with Gasteiger partial charge >= 0.3 is 0 Å². The van der Waals surface area contributed by atoms with Gasteiger partial charge in [-0.2, -0.15) is 0 Å². The third-order valence-electron chi connectivity index (χ3n) is 4.13. The number of ether oxygens (including phenoxy) is 1. The third-order valence-corrected chi connectivity index (χ3v) is 4.13. The van der Waals surface area contributed by atoms with Crippen LogP contribution in [0.4, 0.5) is 0 Å². The molecule has 0 aromatic carbocycles. The highest BCUT2D eigenvalue weighted by molar-refractivity contribution is 4.81. The van der Waals surface area contributed by atoms with Crippen molar-refractivity contribution in [1.29, 1.82) is 0 Å². The molecule has 0 bridgehead atoms. The smallest absolute Gasteiger partial charge is 0.0594 e. The summed E-state index contributed by atoms with van der Waals surface area (Å²) in [6.45, 7) is 17.0. The lowest BCUT2D eigenvalue weighted by molar-refractivity contribution is 0.0342. The maximum atomic E-state index is 5.39. The number of morpholine rings is 1. The zero-order valence-corrected chi connectivity index (χ0v) is 13.0. The fraction of sp³-hybridized carbons (Fsp3) is 1.00. The van der Waals surface area contributed by atoms with Gasteiger partial charge in [-0.1, -0.05) is 0 Å². The highest BCUT2D eigenvalue weighted by Crippen LogP contribution is 2.16. The molecule has 0 amide bonds. The summed E-state index contributed by atoms with van der Waals surface area (Å²) >= 11 is 0. The van der Waals surface area contributed by atoms with Crippen molar-refractivity contribution in [2.24, 2.45) is 5.92 Å². The molecule has 0 aromatic rings. The van der Waals surface area contributed by atoms with Crippen molar-refractivity contribution in [1.82, 2.24) is 15.1 Å². The minimum Gasteiger partial charge on any atom is -0.379 e. The van der Waals surface area contributed by atoms with E-state index >= 15 is 0 Å². The van der Waals surface area contributed by atoms with E-state index in [0.717, 1.165) is 38.8 Å². The van der Waals surface area contributed by atoms with E-state index in [1.807, 2.05) is 0 Å². The van der Waals surface area contributed by atoms with Gasteiger partial charge in [0.1, 0.15) is 0 Å². The highest BCUT2D eigenvalue weighted by Gasteiger charge is 2.24. The molecule has 2 heterocycles. The first-order chi connectivity index (χ1) is 9.03. The molecule has 2 saturated heterocycles. The summed E-state index contributed by atoms with van der Waals surface area (Å²) in [7, 11) is 0. The fourth-order valence-electron chi connectivity index (χ4n) is 2.84. The molecule has 2 aliphatic rings. The standard InChI is InChI=1S/C15H31N3O/c1-15(2,3)16-12-14-4-5-18(13-14)7-6-17-8-10-19-11-9-17/h14,16H,4-13H2,1-3H3. The maximum absolute atomic E-state index is 5.39. The lowest BCUT2D eigenvalue weighted by Gasteiger charge is -2.28. The van der Waals surface area contributed by atoms with Gasteiger partial charge in [-0.3, -0.25) is 4.90 Å². The zero-order chi connectivity index (χ0) is 13.7. The molecule has 0 radical (unpaired) electrons. The molecule has 0 aromatic heterocycles. The van der Waals surface area contributed by atoms with Gasteiger partial charge in [0.25, 0.3) is 0 Å². The Bertz CT molecular complexity index is 259. The molecule has 112 valence electrons. The lowest BCUT2D eigenvalue weighted by atomic mass is 10.1. The normalized spacial score (nSPS) is 27.0. The van der Waals surface area contributed by atoms with E-state index in [4.69, 9.17) is 4.74 Å². The van der Waals surface area contributed by atoms with Crippen LogP contribution in [0.5, 0.6) is 0 Å². The van der Waals surface area contributed by atoms with Crippen LogP contribution in [0.2, 0.25) is 0 Å². The van der Waals surface area contributed by atoms with Crippen LogP contribution in [0.15, 0.2) is 0 Å². The Morgan fingerprint density at radius 3 is 2.42 bits per heavy atom. The molecule has 0 spiro atoms. The van der Waals surface area contributed by atoms with E-state index in [0.29, 0.717) is 0 Å². The molecule has 19 heavy (non-hydrogen) atoms. The fourth-order valence-corrected chi connectivity index (χ4v) is 2.84. The van der Waals surface area contributed by atoms with Gasteiger partial charge in [0.05, 0.1) is 13.2 Å². The summed E-state index contributed by atoms with van der Waals surface area (Å²) < 4.78 is 5.39. The number of likely N-dealkylation sites (tertiary alicyclic amines) is 1. The third kappa shape index (κ3) is 5.78. The van der Waals surface area contributed by atoms with Gasteiger partial charge < -0.3 is 15.0 Å². The second-order valence-corrected chi connectivity index (χ2v) is 7.04. The van der Waals surface area contributed by atoms with Gasteiger partial charge in [0.15, 0.2) is 0 Å². The molecule has 2 fully saturated rings. The summed E-state index contributed by atoms with van der Waals surface area (Å²) in [5, 5.41) is 3.64. The van der Waals surface area contributed by atoms with Crippen molar-refractivity contribution < 1.29 is 4.74 Å². The Morgan fingerprint density at radius 2 is 1.74 bits per heavy atom. The summed E-state index contributed by atoms with van der Waals surface area (Å²) in [4.78, 5) is 5.16. The topological polar surface area (TPSA) is 27.7 Å². The predicted molar refractivity (Wildman–Crippen MR) is 79.6 cm³/mol. The van der Waals surface area contributed by atoms with E-state index in [9.17, 15) is 0 Å². The maximum Gasteiger partial charge on any atom is 0.0594 e. The Kier molecular flexibility index (Phi) is 5.63. The minimum atomic E-state index is 0.251. The summed E-state index contributed by atoms with van der Waals surface area (Å²) in [5.41, 5.74) is 0.251. The molecule has 1 atom stereocenters. The van der Waals surface area contributed by atoms with E-state index in [1.54, 1.807) is 0 Å². The second-order valence-electron chi connectivity index (χ2n) is 7.04. The highest BCUT2D eigenvalue weighted by atomic mass is 16.5. The summed E-state index contributed by atoms with van der Waals surface area (Å²) in [6.07, 6.45) is 1.35. The number of hydrogen-bond donors (Lipinski definition) is 1. The molecular formula is C15H31N3O. The SMILES string of the molecule is CC(C)(C)NCC1CCN(CCN2CCOCC2)C1. The lowest BCUT2D eigenvalue weighted by Crippen LogP contribution is -2.42. The first kappa shape index (κ1) is 15.2. The Morgan fingerprint density at radius 1 is 1.05 bits per heavy atom. The van der Waals surface area contributed by atoms with E-state index in [-0.39, 0.29) is 5.54 Å². The number of rotatable bonds is 5. The molecule has 2 rings (SSSR count). The minimum absolute atomic E-state index is 0.251. The van der Waals surface area contributed by atoms with Crippen molar-refractivity contribution in [3.05, 3.63) is 0 Å². The van der Waals surface area contributed by atoms with E-state index < -0.39 is 0 Å². The largest absolute Gasteiger partial charge is 0.379 e. The van der Waals surface area contributed by atoms with Crippen LogP contribution in [-0.2, 0) is 4.74 Å². The Hall–Kier alpha value is -0.160. The summed E-state index contributed by atoms with van der Waals surface area (Å²) in [6, 6.07) is 0. The van der Waals surface area contributed by atoms with Gasteiger partial charge in [-0.15, -0.1) is 0 Å². The average molecular weight is 269 g/mol. The Balaban J connectivity index is 1.59. The molecule has 1 N–H and O–H groups in total. The van der Waals surface area contributed by atoms with Crippen LogP contribution in [0.1, 0.15) is 27.2 Å².